The summed E-state index contributed by atoms with van der Waals surface area (Å²) in [4.78, 5) is 0. The van der Waals surface area contributed by atoms with Crippen LogP contribution in [0.3, 0.4) is 0 Å². The molecular weight excluding hydrogens is 255 g/mol. The predicted molar refractivity (Wildman–Crippen MR) is 63.8 cm³/mol. The van der Waals surface area contributed by atoms with Crippen LogP contribution in [0.25, 0.3) is 0 Å². The first-order valence-electron chi connectivity index (χ1n) is 4.46. The van der Waals surface area contributed by atoms with Gasteiger partial charge in [-0.05, 0) is 45.8 Å². The van der Waals surface area contributed by atoms with Crippen LogP contribution in [0.5, 0.6) is 0 Å². The minimum absolute atomic E-state index is 0. The third-order valence-corrected chi connectivity index (χ3v) is 9.35. The largest absolute Gasteiger partial charge is 1.00 e. The van der Waals surface area contributed by atoms with Crippen LogP contribution >= 0.6 is 0 Å². The Morgan fingerprint density at radius 2 is 1.00 bits per heavy atom. The van der Waals surface area contributed by atoms with Gasteiger partial charge in [0.05, 0.1) is 0 Å². The van der Waals surface area contributed by atoms with E-state index in [-0.39, 0.29) is 56.9 Å². The molecule has 0 saturated heterocycles. The second-order valence-corrected chi connectivity index (χ2v) is 16.5. The van der Waals surface area contributed by atoms with Gasteiger partial charge in [-0.15, -0.1) is 0 Å². The van der Waals surface area contributed by atoms with Crippen molar-refractivity contribution in [3.8, 4) is 0 Å². The summed E-state index contributed by atoms with van der Waals surface area (Å²) < 4.78 is 11.8. The Bertz CT molecular complexity index is 128. The van der Waals surface area contributed by atoms with E-state index in [1.54, 1.807) is 0 Å². The van der Waals surface area contributed by atoms with Crippen LogP contribution < -0.4 is 51.4 Å². The van der Waals surface area contributed by atoms with Crippen LogP contribution in [0, 0.1) is 0 Å². The van der Waals surface area contributed by atoms with Crippen molar-refractivity contribution in [2.75, 3.05) is 0 Å². The minimum atomic E-state index is -1.36. The summed E-state index contributed by atoms with van der Waals surface area (Å²) in [7, 11) is -4.05. The Morgan fingerprint density at radius 3 is 1.14 bits per heavy atom. The zero-order chi connectivity index (χ0) is 9.99. The molecule has 0 aromatic heterocycles. The van der Waals surface area contributed by atoms with Crippen LogP contribution in [0.4, 0.5) is 0 Å². The van der Waals surface area contributed by atoms with Crippen LogP contribution in [0.15, 0.2) is 0 Å². The topological polar surface area (TPSA) is 48.5 Å². The van der Waals surface area contributed by atoms with E-state index in [2.05, 4.69) is 45.8 Å². The van der Waals surface area contributed by atoms with Crippen molar-refractivity contribution in [3.63, 3.8) is 0 Å². The van der Waals surface area contributed by atoms with Gasteiger partial charge in [0.2, 0.25) is 0 Å². The molecule has 82 valence electrons. The van der Waals surface area contributed by atoms with Crippen LogP contribution in [0.2, 0.25) is 45.8 Å². The maximum Gasteiger partial charge on any atom is 1.00 e. The van der Waals surface area contributed by atoms with Gasteiger partial charge in [0.1, 0.15) is 0 Å². The van der Waals surface area contributed by atoms with Crippen molar-refractivity contribution < 1.29 is 65.1 Å². The van der Waals surface area contributed by atoms with Crippen molar-refractivity contribution in [3.05, 3.63) is 0 Å². The van der Waals surface area contributed by atoms with Crippen LogP contribution in [0.1, 0.15) is 0 Å². The smallest absolute Gasteiger partial charge is 0.870 e. The standard InChI is InChI=1S/C7H22O2Si3.K.H2O/c1-10(8-11(2,3)4)9-12(5,6)7;;/h10H,1-7H3;;1H2/q;+1;/p-1. The summed E-state index contributed by atoms with van der Waals surface area (Å²) in [6.45, 7) is 15.4. The average Bonchev–Trinajstić information content (AvgIpc) is 1.49. The zero-order valence-corrected chi connectivity index (χ0v) is 17.1. The molecule has 0 atom stereocenters. The first kappa shape index (κ1) is 21.5. The first-order valence-corrected chi connectivity index (χ1v) is 13.4. The van der Waals surface area contributed by atoms with E-state index in [0.29, 0.717) is 0 Å². The van der Waals surface area contributed by atoms with E-state index in [0.717, 1.165) is 0 Å². The molecule has 0 aliphatic rings. The van der Waals surface area contributed by atoms with Gasteiger partial charge in [0, 0.05) is 0 Å². The summed E-state index contributed by atoms with van der Waals surface area (Å²) >= 11 is 0. The molecule has 7 heteroatoms. The average molecular weight is 279 g/mol. The molecule has 0 bridgehead atoms. The van der Waals surface area contributed by atoms with Crippen molar-refractivity contribution in [2.24, 2.45) is 0 Å². The van der Waals surface area contributed by atoms with Gasteiger partial charge in [-0.25, -0.2) is 0 Å². The fourth-order valence-corrected chi connectivity index (χ4v) is 9.61. The number of hydrogen-bond donors (Lipinski definition) is 0. The van der Waals surface area contributed by atoms with Crippen LogP contribution in [-0.4, -0.2) is 31.4 Å². The molecule has 0 heterocycles. The summed E-state index contributed by atoms with van der Waals surface area (Å²) in [5, 5.41) is 0. The summed E-state index contributed by atoms with van der Waals surface area (Å²) in [5.74, 6) is 0. The van der Waals surface area contributed by atoms with E-state index >= 15 is 0 Å². The predicted octanol–water partition coefficient (Wildman–Crippen LogP) is -0.633. The number of rotatable bonds is 4. The monoisotopic (exact) mass is 278 g/mol. The molecule has 0 aromatic rings. The molecule has 0 aliphatic carbocycles. The molecule has 0 unspecified atom stereocenters. The second-order valence-electron chi connectivity index (χ2n) is 5.03. The molecule has 0 aliphatic heterocycles. The fourth-order valence-electron chi connectivity index (χ4n) is 1.02. The van der Waals surface area contributed by atoms with Crippen molar-refractivity contribution >= 4 is 25.9 Å². The van der Waals surface area contributed by atoms with Gasteiger partial charge in [0.25, 0.3) is 9.28 Å². The van der Waals surface area contributed by atoms with Gasteiger partial charge >= 0.3 is 51.4 Å². The Labute approximate surface area is 135 Å². The van der Waals surface area contributed by atoms with E-state index in [4.69, 9.17) is 8.23 Å². The molecular formula is C7H23KO3Si3. The normalized spacial score (nSPS) is 12.0. The molecule has 0 saturated carbocycles. The molecule has 0 aromatic carbocycles. The Morgan fingerprint density at radius 1 is 0.786 bits per heavy atom. The quantitative estimate of drug-likeness (QED) is 0.643. The summed E-state index contributed by atoms with van der Waals surface area (Å²) in [5.41, 5.74) is 0. The third-order valence-electron chi connectivity index (χ3n) is 1.04. The maximum atomic E-state index is 5.90. The van der Waals surface area contributed by atoms with Gasteiger partial charge in [-0.2, -0.15) is 0 Å². The Balaban J connectivity index is -0.000000605. The molecule has 3 nitrogen and oxygen atoms in total. The van der Waals surface area contributed by atoms with E-state index in [1.165, 1.54) is 0 Å². The number of hydrogen-bond acceptors (Lipinski definition) is 3. The summed E-state index contributed by atoms with van der Waals surface area (Å²) in [6, 6.07) is 0. The van der Waals surface area contributed by atoms with E-state index in [9.17, 15) is 0 Å². The van der Waals surface area contributed by atoms with Crippen molar-refractivity contribution in [1.29, 1.82) is 0 Å². The van der Waals surface area contributed by atoms with Crippen molar-refractivity contribution in [2.45, 2.75) is 45.8 Å². The van der Waals surface area contributed by atoms with E-state index in [1.807, 2.05) is 0 Å². The minimum Gasteiger partial charge on any atom is -0.870 e. The van der Waals surface area contributed by atoms with Gasteiger partial charge in [0.15, 0.2) is 16.6 Å². The van der Waals surface area contributed by atoms with Crippen LogP contribution in [-0.2, 0) is 8.23 Å². The summed E-state index contributed by atoms with van der Waals surface area (Å²) in [6.07, 6.45) is 0. The SMILES string of the molecule is C[SiH](O[Si](C)(C)C)O[Si](C)(C)C.[K+].[OH-]. The maximum absolute atomic E-state index is 5.90. The molecule has 0 rings (SSSR count). The van der Waals surface area contributed by atoms with Gasteiger partial charge in [-0.1, -0.05) is 0 Å². The molecule has 0 radical (unpaired) electrons. The van der Waals surface area contributed by atoms with E-state index < -0.39 is 25.9 Å². The molecule has 0 spiro atoms. The van der Waals surface area contributed by atoms with Crippen molar-refractivity contribution in [1.82, 2.24) is 0 Å². The third kappa shape index (κ3) is 16.6. The first-order chi connectivity index (χ1) is 5.10. The van der Waals surface area contributed by atoms with Gasteiger partial charge < -0.3 is 13.7 Å². The molecule has 1 N–H and O–H groups in total. The Kier molecular flexibility index (Phi) is 12.7. The molecule has 0 amide bonds. The second kappa shape index (κ2) is 8.29. The molecule has 0 fully saturated rings. The zero-order valence-electron chi connectivity index (χ0n) is 10.8. The molecule has 14 heavy (non-hydrogen) atoms. The fraction of sp³-hybridized carbons (Fsp3) is 1.00. The Hall–Kier alpha value is 2.17. The van der Waals surface area contributed by atoms with Gasteiger partial charge in [-0.3, -0.25) is 0 Å².